The molecule has 0 aromatic carbocycles. The van der Waals surface area contributed by atoms with E-state index in [1.165, 1.54) is 11.5 Å². The van der Waals surface area contributed by atoms with Gasteiger partial charge in [-0.15, -0.1) is 0 Å². The third-order valence-corrected chi connectivity index (χ3v) is 4.47. The molecule has 124 valence electrons. The largest absolute Gasteiger partial charge is 0.394 e. The molecule has 2 aromatic rings. The first-order valence-corrected chi connectivity index (χ1v) is 7.66. The van der Waals surface area contributed by atoms with Gasteiger partial charge in [-0.1, -0.05) is 11.3 Å². The molecule has 0 unspecified atom stereocenters. The molecule has 0 spiro atoms. The third kappa shape index (κ3) is 2.73. The number of aliphatic hydroxyl groups excluding tert-OH is 1. The van der Waals surface area contributed by atoms with Crippen LogP contribution in [0.3, 0.4) is 0 Å². The highest BCUT2D eigenvalue weighted by Gasteiger charge is 2.39. The molecule has 0 saturated carbocycles. The van der Waals surface area contributed by atoms with Crippen molar-refractivity contribution >= 4 is 33.5 Å². The van der Waals surface area contributed by atoms with Gasteiger partial charge in [-0.3, -0.25) is 23.9 Å². The van der Waals surface area contributed by atoms with Crippen LogP contribution in [0.1, 0.15) is 19.6 Å². The van der Waals surface area contributed by atoms with E-state index in [4.69, 9.17) is 10.5 Å². The van der Waals surface area contributed by atoms with Crippen LogP contribution in [-0.2, 0) is 9.53 Å². The molecule has 0 radical (unpaired) electrons. The fourth-order valence-corrected chi connectivity index (χ4v) is 3.51. The molecule has 1 aliphatic heterocycles. The smallest absolute Gasteiger partial charge is 0.311 e. The number of amides is 1. The fraction of sp³-hybridized carbons (Fsp3) is 0.500. The van der Waals surface area contributed by atoms with Gasteiger partial charge in [0.1, 0.15) is 4.70 Å². The van der Waals surface area contributed by atoms with Gasteiger partial charge in [-0.2, -0.15) is 4.98 Å². The number of hydrogen-bond acceptors (Lipinski definition) is 8. The van der Waals surface area contributed by atoms with Crippen LogP contribution in [0.25, 0.3) is 10.3 Å². The van der Waals surface area contributed by atoms with Crippen LogP contribution in [-0.4, -0.2) is 44.3 Å². The SMILES string of the molecule is CC(=O)N[C@@H]1C[C@@H](CO)O[C@H]1n1c(=O)sc2c(=O)[nH]c(N)nc21. The summed E-state index contributed by atoms with van der Waals surface area (Å²) in [5, 5.41) is 12.0. The summed E-state index contributed by atoms with van der Waals surface area (Å²) in [6, 6.07) is -0.525. The number of H-pyrrole nitrogens is 1. The van der Waals surface area contributed by atoms with Crippen LogP contribution in [0.5, 0.6) is 0 Å². The van der Waals surface area contributed by atoms with Gasteiger partial charge < -0.3 is 20.9 Å². The van der Waals surface area contributed by atoms with E-state index in [0.29, 0.717) is 6.42 Å². The van der Waals surface area contributed by atoms with Crippen molar-refractivity contribution in [3.63, 3.8) is 0 Å². The number of nitrogen functional groups attached to an aromatic ring is 1. The molecule has 3 heterocycles. The molecule has 1 fully saturated rings. The average molecular weight is 341 g/mol. The van der Waals surface area contributed by atoms with E-state index in [1.54, 1.807) is 0 Å². The lowest BCUT2D eigenvalue weighted by Gasteiger charge is -2.20. The second kappa shape index (κ2) is 5.76. The lowest BCUT2D eigenvalue weighted by atomic mass is 10.1. The number of aliphatic hydroxyl groups is 1. The molecule has 1 amide bonds. The molecule has 0 aliphatic carbocycles. The van der Waals surface area contributed by atoms with Crippen molar-refractivity contribution in [1.29, 1.82) is 0 Å². The predicted octanol–water partition coefficient (Wildman–Crippen LogP) is -1.49. The maximum Gasteiger partial charge on any atom is 0.311 e. The van der Waals surface area contributed by atoms with Gasteiger partial charge in [-0.25, -0.2) is 0 Å². The van der Waals surface area contributed by atoms with Crippen LogP contribution in [0.2, 0.25) is 0 Å². The van der Waals surface area contributed by atoms with Crippen molar-refractivity contribution in [3.05, 3.63) is 20.0 Å². The summed E-state index contributed by atoms with van der Waals surface area (Å²) in [6.45, 7) is 1.10. The zero-order valence-corrected chi connectivity index (χ0v) is 12.9. The van der Waals surface area contributed by atoms with E-state index >= 15 is 0 Å². The first-order valence-electron chi connectivity index (χ1n) is 6.85. The number of ether oxygens (including phenoxy) is 1. The van der Waals surface area contributed by atoms with Gasteiger partial charge in [0.05, 0.1) is 18.8 Å². The van der Waals surface area contributed by atoms with Crippen molar-refractivity contribution in [2.24, 2.45) is 0 Å². The van der Waals surface area contributed by atoms with Crippen LogP contribution in [0, 0.1) is 0 Å². The molecule has 3 atom stereocenters. The number of rotatable bonds is 3. The van der Waals surface area contributed by atoms with Crippen molar-refractivity contribution in [2.45, 2.75) is 31.7 Å². The second-order valence-corrected chi connectivity index (χ2v) is 6.18. The fourth-order valence-electron chi connectivity index (χ4n) is 2.67. The Morgan fingerprint density at radius 1 is 1.61 bits per heavy atom. The molecule has 1 aliphatic rings. The Kier molecular flexibility index (Phi) is 3.92. The summed E-state index contributed by atoms with van der Waals surface area (Å²) in [5.74, 6) is -0.415. The van der Waals surface area contributed by atoms with Crippen molar-refractivity contribution in [1.82, 2.24) is 19.9 Å². The van der Waals surface area contributed by atoms with Gasteiger partial charge in [-0.05, 0) is 0 Å². The van der Waals surface area contributed by atoms with E-state index in [-0.39, 0.29) is 28.8 Å². The van der Waals surface area contributed by atoms with Gasteiger partial charge in [0.25, 0.3) is 5.56 Å². The molecule has 2 aromatic heterocycles. The van der Waals surface area contributed by atoms with E-state index in [9.17, 15) is 19.5 Å². The standard InChI is InChI=1S/C12H15N5O5S/c1-4(19)14-6-2-5(3-18)22-10(6)17-8-7(23-12(17)21)9(20)16-11(13)15-8/h5-6,10,18H,2-3H2,1H3,(H,14,19)(H3,13,15,16,20)/t5-,6+,10+/m0/s1. The van der Waals surface area contributed by atoms with Gasteiger partial charge >= 0.3 is 4.87 Å². The Morgan fingerprint density at radius 2 is 2.35 bits per heavy atom. The maximum absolute atomic E-state index is 12.3. The lowest BCUT2D eigenvalue weighted by Crippen LogP contribution is -2.39. The highest BCUT2D eigenvalue weighted by molar-refractivity contribution is 7.16. The number of nitrogens with two attached hydrogens (primary N) is 1. The second-order valence-electron chi connectivity index (χ2n) is 5.22. The topological polar surface area (TPSA) is 152 Å². The Labute approximate surface area is 132 Å². The highest BCUT2D eigenvalue weighted by Crippen LogP contribution is 2.30. The average Bonchev–Trinajstić information content (AvgIpc) is 2.99. The van der Waals surface area contributed by atoms with Crippen LogP contribution in [0.15, 0.2) is 9.59 Å². The summed E-state index contributed by atoms with van der Waals surface area (Å²) >= 11 is 0.721. The number of carbonyl (C=O) groups excluding carboxylic acids is 1. The molecular weight excluding hydrogens is 326 g/mol. The Hall–Kier alpha value is -2.24. The van der Waals surface area contributed by atoms with Gasteiger partial charge in [0, 0.05) is 13.3 Å². The quantitative estimate of drug-likeness (QED) is 0.531. The van der Waals surface area contributed by atoms with Crippen LogP contribution >= 0.6 is 11.3 Å². The molecule has 11 heteroatoms. The molecule has 1 saturated heterocycles. The maximum atomic E-state index is 12.3. The molecule has 5 N–H and O–H groups in total. The van der Waals surface area contributed by atoms with Gasteiger partial charge in [0.15, 0.2) is 11.9 Å². The van der Waals surface area contributed by atoms with E-state index in [2.05, 4.69) is 15.3 Å². The number of hydrogen-bond donors (Lipinski definition) is 4. The van der Waals surface area contributed by atoms with Gasteiger partial charge in [0.2, 0.25) is 11.9 Å². The summed E-state index contributed by atoms with van der Waals surface area (Å²) in [4.78, 5) is 41.4. The first kappa shape index (κ1) is 15.6. The summed E-state index contributed by atoms with van der Waals surface area (Å²) < 4.78 is 6.97. The molecule has 10 nitrogen and oxygen atoms in total. The highest BCUT2D eigenvalue weighted by atomic mass is 32.1. The zero-order valence-electron chi connectivity index (χ0n) is 12.1. The number of nitrogens with one attached hydrogen (secondary N) is 2. The number of aromatic amines is 1. The molecular formula is C12H15N5O5S. The minimum atomic E-state index is -0.869. The summed E-state index contributed by atoms with van der Waals surface area (Å²) in [5.41, 5.74) is 5.13. The molecule has 3 rings (SSSR count). The first-order chi connectivity index (χ1) is 10.9. The minimum Gasteiger partial charge on any atom is -0.394 e. The van der Waals surface area contributed by atoms with Crippen molar-refractivity contribution in [3.8, 4) is 0 Å². The Morgan fingerprint density at radius 3 is 3.00 bits per heavy atom. The Bertz CT molecular complexity index is 871. The number of anilines is 1. The third-order valence-electron chi connectivity index (χ3n) is 3.53. The predicted molar refractivity (Wildman–Crippen MR) is 82.1 cm³/mol. The normalized spacial score (nSPS) is 24.2. The monoisotopic (exact) mass is 341 g/mol. The van der Waals surface area contributed by atoms with Crippen molar-refractivity contribution < 1.29 is 14.6 Å². The summed E-state index contributed by atoms with van der Waals surface area (Å²) in [6.07, 6.45) is -1.06. The van der Waals surface area contributed by atoms with E-state index in [1.807, 2.05) is 0 Å². The lowest BCUT2D eigenvalue weighted by molar-refractivity contribution is -0.120. The zero-order chi connectivity index (χ0) is 16.7. The molecule has 23 heavy (non-hydrogen) atoms. The number of thiazole rings is 1. The minimum absolute atomic E-state index is 0.0974. The molecule has 0 bridgehead atoms. The van der Waals surface area contributed by atoms with Crippen LogP contribution < -0.4 is 21.5 Å². The summed E-state index contributed by atoms with van der Waals surface area (Å²) in [7, 11) is 0. The van der Waals surface area contributed by atoms with Crippen molar-refractivity contribution in [2.75, 3.05) is 12.3 Å². The number of fused-ring (bicyclic) bond motifs is 1. The Balaban J connectivity index is 2.14. The number of nitrogens with zero attached hydrogens (tertiary/aromatic N) is 2. The number of carbonyl (C=O) groups is 1. The number of aromatic nitrogens is 3. The van der Waals surface area contributed by atoms with E-state index in [0.717, 1.165) is 11.3 Å². The van der Waals surface area contributed by atoms with E-state index < -0.39 is 28.8 Å². The van der Waals surface area contributed by atoms with Crippen LogP contribution in [0.4, 0.5) is 5.95 Å².